The van der Waals surface area contributed by atoms with Crippen molar-refractivity contribution in [2.24, 2.45) is 11.8 Å². The van der Waals surface area contributed by atoms with Gasteiger partial charge in [-0.2, -0.15) is 0 Å². The number of likely N-dealkylation sites (tertiary alicyclic amines) is 1. The number of hydrogen-bond donors (Lipinski definition) is 1. The van der Waals surface area contributed by atoms with E-state index in [1.807, 2.05) is 9.80 Å². The van der Waals surface area contributed by atoms with Gasteiger partial charge in [0, 0.05) is 43.9 Å². The molecule has 2 fully saturated rings. The highest BCUT2D eigenvalue weighted by atomic mass is 32.1. The van der Waals surface area contributed by atoms with Crippen LogP contribution in [0.1, 0.15) is 36.1 Å². The lowest BCUT2D eigenvalue weighted by Gasteiger charge is -2.27. The zero-order chi connectivity index (χ0) is 17.2. The number of carbonyl (C=O) groups is 2. The second-order valence-electron chi connectivity index (χ2n) is 7.57. The fourth-order valence-corrected chi connectivity index (χ4v) is 5.35. The van der Waals surface area contributed by atoms with Crippen LogP contribution in [0, 0.1) is 11.8 Å². The average molecular weight is 362 g/mol. The highest BCUT2D eigenvalue weighted by Gasteiger charge is 2.31. The Hall–Kier alpha value is -1.40. The van der Waals surface area contributed by atoms with Gasteiger partial charge in [-0.3, -0.25) is 9.59 Å². The molecule has 2 saturated heterocycles. The summed E-state index contributed by atoms with van der Waals surface area (Å²) in [7, 11) is 0. The average Bonchev–Trinajstić information content (AvgIpc) is 3.24. The van der Waals surface area contributed by atoms with Gasteiger partial charge in [-0.1, -0.05) is 0 Å². The van der Waals surface area contributed by atoms with Gasteiger partial charge < -0.3 is 15.1 Å². The summed E-state index contributed by atoms with van der Waals surface area (Å²) < 4.78 is 0. The molecule has 1 aromatic rings. The Labute approximate surface area is 153 Å². The molecule has 3 aliphatic heterocycles. The Morgan fingerprint density at radius 2 is 1.72 bits per heavy atom. The number of nitrogens with one attached hydrogen (secondary N) is 1. The molecule has 0 unspecified atom stereocenters. The molecule has 1 aromatic heterocycles. The van der Waals surface area contributed by atoms with E-state index in [2.05, 4.69) is 16.8 Å². The smallest absolute Gasteiger partial charge is 0.223 e. The minimum absolute atomic E-state index is 0.126. The van der Waals surface area contributed by atoms with E-state index in [0.29, 0.717) is 19.4 Å². The Bertz CT molecular complexity index is 630. The molecule has 6 heteroatoms. The van der Waals surface area contributed by atoms with E-state index in [1.54, 1.807) is 11.3 Å². The minimum atomic E-state index is 0.126. The molecule has 0 aromatic carbocycles. The van der Waals surface area contributed by atoms with Crippen molar-refractivity contribution in [2.45, 2.75) is 38.6 Å². The molecule has 4 heterocycles. The summed E-state index contributed by atoms with van der Waals surface area (Å²) in [5, 5.41) is 5.57. The van der Waals surface area contributed by atoms with Gasteiger partial charge in [0.1, 0.15) is 0 Å². The van der Waals surface area contributed by atoms with E-state index in [9.17, 15) is 9.59 Å². The molecule has 3 aliphatic rings. The van der Waals surface area contributed by atoms with Crippen LogP contribution in [0.3, 0.4) is 0 Å². The van der Waals surface area contributed by atoms with Crippen LogP contribution in [0.5, 0.6) is 0 Å². The van der Waals surface area contributed by atoms with E-state index in [1.165, 1.54) is 10.4 Å². The fraction of sp³-hybridized carbons (Fsp3) is 0.684. The summed E-state index contributed by atoms with van der Waals surface area (Å²) in [4.78, 5) is 30.4. The van der Waals surface area contributed by atoms with Crippen LogP contribution in [0.4, 0.5) is 0 Å². The van der Waals surface area contributed by atoms with Crippen molar-refractivity contribution in [3.8, 4) is 0 Å². The van der Waals surface area contributed by atoms with Gasteiger partial charge >= 0.3 is 0 Å². The van der Waals surface area contributed by atoms with Gasteiger partial charge in [0.15, 0.2) is 0 Å². The molecular formula is C19H27N3O2S. The third-order valence-corrected chi connectivity index (χ3v) is 7.11. The minimum Gasteiger partial charge on any atom is -0.343 e. The largest absolute Gasteiger partial charge is 0.343 e. The molecule has 0 bridgehead atoms. The van der Waals surface area contributed by atoms with Crippen LogP contribution in [0.2, 0.25) is 0 Å². The number of hydrogen-bond acceptors (Lipinski definition) is 4. The fourth-order valence-electron chi connectivity index (χ4n) is 4.46. The van der Waals surface area contributed by atoms with Gasteiger partial charge in [-0.05, 0) is 61.2 Å². The van der Waals surface area contributed by atoms with Gasteiger partial charge in [0.2, 0.25) is 11.8 Å². The predicted octanol–water partition coefficient (Wildman–Crippen LogP) is 1.87. The highest BCUT2D eigenvalue weighted by molar-refractivity contribution is 7.10. The van der Waals surface area contributed by atoms with E-state index in [0.717, 1.165) is 63.8 Å². The highest BCUT2D eigenvalue weighted by Crippen LogP contribution is 2.28. The zero-order valence-corrected chi connectivity index (χ0v) is 15.5. The second-order valence-corrected chi connectivity index (χ2v) is 8.57. The number of carbonyl (C=O) groups excluding carboxylic acids is 2. The maximum atomic E-state index is 12.6. The normalized spacial score (nSPS) is 26.1. The lowest BCUT2D eigenvalue weighted by molar-refractivity contribution is -0.137. The molecule has 25 heavy (non-hydrogen) atoms. The SMILES string of the molecule is O=C(CCC(=O)N1CCc2sccc2C1)N1CC[C@@H]2CNC[C@@H]2CC1. The molecule has 0 radical (unpaired) electrons. The summed E-state index contributed by atoms with van der Waals surface area (Å²) in [6, 6.07) is 2.12. The van der Waals surface area contributed by atoms with Crippen molar-refractivity contribution in [2.75, 3.05) is 32.7 Å². The lowest BCUT2D eigenvalue weighted by atomic mass is 9.92. The molecular weight excluding hydrogens is 334 g/mol. The number of amides is 2. The van der Waals surface area contributed by atoms with Gasteiger partial charge in [0.25, 0.3) is 0 Å². The quantitative estimate of drug-likeness (QED) is 0.894. The van der Waals surface area contributed by atoms with Crippen LogP contribution in [-0.2, 0) is 22.6 Å². The summed E-state index contributed by atoms with van der Waals surface area (Å²) in [5.74, 6) is 1.75. The first-order chi connectivity index (χ1) is 12.2. The van der Waals surface area contributed by atoms with Gasteiger partial charge in [0.05, 0.1) is 0 Å². The summed E-state index contributed by atoms with van der Waals surface area (Å²) in [6.07, 6.45) is 3.87. The van der Waals surface area contributed by atoms with Crippen molar-refractivity contribution >= 4 is 23.2 Å². The van der Waals surface area contributed by atoms with Crippen LogP contribution in [-0.4, -0.2) is 54.3 Å². The first-order valence-corrected chi connectivity index (χ1v) is 10.4. The van der Waals surface area contributed by atoms with E-state index in [4.69, 9.17) is 0 Å². The van der Waals surface area contributed by atoms with Crippen LogP contribution in [0.25, 0.3) is 0 Å². The Morgan fingerprint density at radius 1 is 1.04 bits per heavy atom. The molecule has 0 spiro atoms. The van der Waals surface area contributed by atoms with Crippen molar-refractivity contribution in [1.82, 2.24) is 15.1 Å². The van der Waals surface area contributed by atoms with Gasteiger partial charge in [-0.25, -0.2) is 0 Å². The predicted molar refractivity (Wildman–Crippen MR) is 98.3 cm³/mol. The zero-order valence-electron chi connectivity index (χ0n) is 14.7. The number of thiophene rings is 1. The third kappa shape index (κ3) is 3.75. The third-order valence-electron chi connectivity index (χ3n) is 6.09. The van der Waals surface area contributed by atoms with E-state index < -0.39 is 0 Å². The molecule has 0 saturated carbocycles. The summed E-state index contributed by atoms with van der Waals surface area (Å²) >= 11 is 1.78. The van der Waals surface area contributed by atoms with Crippen LogP contribution in [0.15, 0.2) is 11.4 Å². The molecule has 2 atom stereocenters. The van der Waals surface area contributed by atoms with Crippen molar-refractivity contribution in [1.29, 1.82) is 0 Å². The second kappa shape index (κ2) is 7.46. The molecule has 0 aliphatic carbocycles. The van der Waals surface area contributed by atoms with E-state index >= 15 is 0 Å². The monoisotopic (exact) mass is 361 g/mol. The molecule has 1 N–H and O–H groups in total. The maximum absolute atomic E-state index is 12.6. The molecule has 2 amide bonds. The summed E-state index contributed by atoms with van der Waals surface area (Å²) in [5.41, 5.74) is 1.28. The molecule has 4 rings (SSSR count). The Morgan fingerprint density at radius 3 is 2.44 bits per heavy atom. The van der Waals surface area contributed by atoms with Crippen LogP contribution < -0.4 is 5.32 Å². The van der Waals surface area contributed by atoms with Crippen LogP contribution >= 0.6 is 11.3 Å². The number of rotatable bonds is 3. The standard InChI is InChI=1S/C19H27N3O2S/c23-18(21-7-3-14-11-20-12-15(14)4-8-21)1-2-19(24)22-9-5-17-16(13-22)6-10-25-17/h6,10,14-15,20H,1-5,7-9,11-13H2/t14-,15+. The molecule has 136 valence electrons. The first-order valence-electron chi connectivity index (χ1n) is 9.52. The van der Waals surface area contributed by atoms with Gasteiger partial charge in [-0.15, -0.1) is 11.3 Å². The van der Waals surface area contributed by atoms with E-state index in [-0.39, 0.29) is 11.8 Å². The number of nitrogens with zero attached hydrogens (tertiary/aromatic N) is 2. The first kappa shape index (κ1) is 17.0. The maximum Gasteiger partial charge on any atom is 0.223 e. The molecule has 5 nitrogen and oxygen atoms in total. The number of fused-ring (bicyclic) bond motifs is 2. The Balaban J connectivity index is 1.25. The van der Waals surface area contributed by atoms with Crippen molar-refractivity contribution in [3.63, 3.8) is 0 Å². The lowest BCUT2D eigenvalue weighted by Crippen LogP contribution is -2.37. The summed E-state index contributed by atoms with van der Waals surface area (Å²) in [6.45, 7) is 5.43. The van der Waals surface area contributed by atoms with Crippen molar-refractivity contribution < 1.29 is 9.59 Å². The Kier molecular flexibility index (Phi) is 5.08. The van der Waals surface area contributed by atoms with Crippen molar-refractivity contribution in [3.05, 3.63) is 21.9 Å². The topological polar surface area (TPSA) is 52.7 Å².